The van der Waals surface area contributed by atoms with Gasteiger partial charge in [-0.1, -0.05) is 56.2 Å². The topological polar surface area (TPSA) is 40.5 Å². The van der Waals surface area contributed by atoms with Gasteiger partial charge in [0.05, 0.1) is 6.10 Å². The second kappa shape index (κ2) is 11.4. The summed E-state index contributed by atoms with van der Waals surface area (Å²) in [4.78, 5) is 0. The lowest BCUT2D eigenvalue weighted by Gasteiger charge is -2.27. The van der Waals surface area contributed by atoms with Gasteiger partial charge in [0.2, 0.25) is 0 Å². The van der Waals surface area contributed by atoms with E-state index in [0.29, 0.717) is 5.92 Å². The molecular formula is C22H36O2. The Balaban J connectivity index is 2.62. The Morgan fingerprint density at radius 1 is 1.04 bits per heavy atom. The molecule has 0 aliphatic carbocycles. The number of hydrogen-bond donors (Lipinski definition) is 2. The van der Waals surface area contributed by atoms with Crippen molar-refractivity contribution in [1.29, 1.82) is 0 Å². The molecule has 0 heterocycles. The number of aliphatic hydroxyl groups is 2. The lowest BCUT2D eigenvalue weighted by molar-refractivity contribution is 0.105. The number of rotatable bonds is 12. The summed E-state index contributed by atoms with van der Waals surface area (Å²) in [5, 5.41) is 20.1. The minimum Gasteiger partial charge on any atom is -0.396 e. The van der Waals surface area contributed by atoms with Gasteiger partial charge in [-0.15, -0.1) is 6.58 Å². The largest absolute Gasteiger partial charge is 0.396 e. The number of hydrogen-bond acceptors (Lipinski definition) is 2. The molecule has 0 amide bonds. The lowest BCUT2D eigenvalue weighted by atomic mass is 9.82. The average molecular weight is 333 g/mol. The molecule has 0 radical (unpaired) electrons. The third-order valence-corrected chi connectivity index (χ3v) is 4.92. The van der Waals surface area contributed by atoms with Gasteiger partial charge in [-0.3, -0.25) is 0 Å². The van der Waals surface area contributed by atoms with Crippen LogP contribution in [0.1, 0.15) is 70.8 Å². The molecule has 0 spiro atoms. The maximum absolute atomic E-state index is 10.8. The molecule has 0 aliphatic rings. The highest BCUT2D eigenvalue weighted by molar-refractivity contribution is 5.20. The smallest absolute Gasteiger partial charge is 0.0611 e. The first-order valence-corrected chi connectivity index (χ1v) is 9.42. The standard InChI is InChI=1S/C22H36O2/c1-17(2)9-8-10-18(3)15-22(24)21(14-13-19(4)16-23)20-11-6-5-7-12-20/h5-7,11-12,18-19,21-24H,1,8-10,13-16H2,2-4H3. The molecule has 0 fully saturated rings. The van der Waals surface area contributed by atoms with E-state index in [1.807, 2.05) is 18.2 Å². The van der Waals surface area contributed by atoms with Gasteiger partial charge < -0.3 is 10.2 Å². The fourth-order valence-corrected chi connectivity index (χ4v) is 3.28. The van der Waals surface area contributed by atoms with Crippen LogP contribution in [-0.4, -0.2) is 22.9 Å². The Bertz CT molecular complexity index is 454. The van der Waals surface area contributed by atoms with E-state index >= 15 is 0 Å². The molecule has 4 atom stereocenters. The fourth-order valence-electron chi connectivity index (χ4n) is 3.28. The van der Waals surface area contributed by atoms with Crippen molar-refractivity contribution in [3.8, 4) is 0 Å². The SMILES string of the molecule is C=C(C)CCCC(C)CC(O)C(CCC(C)CO)c1ccccc1. The highest BCUT2D eigenvalue weighted by Gasteiger charge is 2.23. The summed E-state index contributed by atoms with van der Waals surface area (Å²) in [6, 6.07) is 10.3. The van der Waals surface area contributed by atoms with Crippen LogP contribution >= 0.6 is 0 Å². The number of allylic oxidation sites excluding steroid dienone is 1. The normalized spacial score (nSPS) is 16.4. The fraction of sp³-hybridized carbons (Fsp3) is 0.636. The van der Waals surface area contributed by atoms with Crippen molar-refractivity contribution in [2.24, 2.45) is 11.8 Å². The van der Waals surface area contributed by atoms with Crippen molar-refractivity contribution < 1.29 is 10.2 Å². The summed E-state index contributed by atoms with van der Waals surface area (Å²) in [7, 11) is 0. The van der Waals surface area contributed by atoms with Crippen LogP contribution in [0.15, 0.2) is 42.5 Å². The summed E-state index contributed by atoms with van der Waals surface area (Å²) >= 11 is 0. The van der Waals surface area contributed by atoms with E-state index in [-0.39, 0.29) is 24.5 Å². The molecule has 0 bridgehead atoms. The van der Waals surface area contributed by atoms with Gasteiger partial charge in [0.25, 0.3) is 0 Å². The van der Waals surface area contributed by atoms with E-state index in [0.717, 1.165) is 38.5 Å². The van der Waals surface area contributed by atoms with Gasteiger partial charge in [-0.25, -0.2) is 0 Å². The van der Waals surface area contributed by atoms with Crippen molar-refractivity contribution in [2.75, 3.05) is 6.61 Å². The third-order valence-electron chi connectivity index (χ3n) is 4.92. The van der Waals surface area contributed by atoms with Gasteiger partial charge in [0, 0.05) is 12.5 Å². The first kappa shape index (κ1) is 20.9. The molecule has 0 aromatic heterocycles. The molecule has 0 aliphatic heterocycles. The van der Waals surface area contributed by atoms with Crippen LogP contribution < -0.4 is 0 Å². The Hall–Kier alpha value is -1.12. The summed E-state index contributed by atoms with van der Waals surface area (Å²) in [5.74, 6) is 0.959. The minimum absolute atomic E-state index is 0.156. The van der Waals surface area contributed by atoms with Crippen LogP contribution in [0.2, 0.25) is 0 Å². The molecule has 136 valence electrons. The predicted molar refractivity (Wildman–Crippen MR) is 103 cm³/mol. The van der Waals surface area contributed by atoms with E-state index in [2.05, 4.69) is 39.5 Å². The minimum atomic E-state index is -0.321. The number of benzene rings is 1. The summed E-state index contributed by atoms with van der Waals surface area (Å²) in [6.07, 6.45) is 5.75. The number of aliphatic hydroxyl groups excluding tert-OH is 2. The van der Waals surface area contributed by atoms with Crippen molar-refractivity contribution in [3.05, 3.63) is 48.0 Å². The molecule has 2 N–H and O–H groups in total. The highest BCUT2D eigenvalue weighted by Crippen LogP contribution is 2.31. The summed E-state index contributed by atoms with van der Waals surface area (Å²) in [6.45, 7) is 10.6. The molecule has 4 unspecified atom stereocenters. The van der Waals surface area contributed by atoms with Crippen LogP contribution in [0, 0.1) is 11.8 Å². The first-order chi connectivity index (χ1) is 11.4. The Morgan fingerprint density at radius 3 is 2.29 bits per heavy atom. The Kier molecular flexibility index (Phi) is 9.97. The maximum atomic E-state index is 10.8. The van der Waals surface area contributed by atoms with E-state index < -0.39 is 0 Å². The van der Waals surface area contributed by atoms with Crippen molar-refractivity contribution in [2.45, 2.75) is 71.3 Å². The van der Waals surface area contributed by atoms with Gasteiger partial charge in [-0.2, -0.15) is 0 Å². The lowest BCUT2D eigenvalue weighted by Crippen LogP contribution is -2.22. The van der Waals surface area contributed by atoms with Crippen molar-refractivity contribution >= 4 is 0 Å². The van der Waals surface area contributed by atoms with E-state index in [1.165, 1.54) is 11.1 Å². The molecule has 1 aromatic rings. The van der Waals surface area contributed by atoms with Crippen molar-refractivity contribution in [1.82, 2.24) is 0 Å². The van der Waals surface area contributed by atoms with Crippen LogP contribution in [0.5, 0.6) is 0 Å². The van der Waals surface area contributed by atoms with Crippen LogP contribution in [0.3, 0.4) is 0 Å². The summed E-state index contributed by atoms with van der Waals surface area (Å²) in [5.41, 5.74) is 2.45. The first-order valence-electron chi connectivity index (χ1n) is 9.42. The highest BCUT2D eigenvalue weighted by atomic mass is 16.3. The zero-order chi connectivity index (χ0) is 17.9. The third kappa shape index (κ3) is 8.12. The second-order valence-electron chi connectivity index (χ2n) is 7.64. The van der Waals surface area contributed by atoms with Gasteiger partial charge in [-0.05, 0) is 56.4 Å². The Morgan fingerprint density at radius 2 is 1.71 bits per heavy atom. The van der Waals surface area contributed by atoms with Crippen molar-refractivity contribution in [3.63, 3.8) is 0 Å². The molecule has 2 heteroatoms. The van der Waals surface area contributed by atoms with E-state index in [1.54, 1.807) is 0 Å². The van der Waals surface area contributed by atoms with Crippen LogP contribution in [0.4, 0.5) is 0 Å². The molecular weight excluding hydrogens is 296 g/mol. The predicted octanol–water partition coefficient (Wildman–Crippen LogP) is 5.31. The van der Waals surface area contributed by atoms with Gasteiger partial charge >= 0.3 is 0 Å². The quantitative estimate of drug-likeness (QED) is 0.509. The average Bonchev–Trinajstić information content (AvgIpc) is 2.55. The summed E-state index contributed by atoms with van der Waals surface area (Å²) < 4.78 is 0. The molecule has 1 aromatic carbocycles. The van der Waals surface area contributed by atoms with Gasteiger partial charge in [0.15, 0.2) is 0 Å². The Labute approximate surface area is 148 Å². The molecule has 0 saturated heterocycles. The zero-order valence-corrected chi connectivity index (χ0v) is 15.7. The van der Waals surface area contributed by atoms with Crippen LogP contribution in [0.25, 0.3) is 0 Å². The van der Waals surface area contributed by atoms with E-state index in [9.17, 15) is 10.2 Å². The van der Waals surface area contributed by atoms with Gasteiger partial charge in [0.1, 0.15) is 0 Å². The molecule has 1 rings (SSSR count). The second-order valence-corrected chi connectivity index (χ2v) is 7.64. The van der Waals surface area contributed by atoms with E-state index in [4.69, 9.17) is 0 Å². The molecule has 24 heavy (non-hydrogen) atoms. The monoisotopic (exact) mass is 332 g/mol. The van der Waals surface area contributed by atoms with Crippen LogP contribution in [-0.2, 0) is 0 Å². The molecule has 0 saturated carbocycles. The zero-order valence-electron chi connectivity index (χ0n) is 15.7. The molecule has 2 nitrogen and oxygen atoms in total. The maximum Gasteiger partial charge on any atom is 0.0611 e.